The first-order chi connectivity index (χ1) is 17.7. The highest BCUT2D eigenvalue weighted by atomic mass is 32.1. The van der Waals surface area contributed by atoms with Gasteiger partial charge in [0, 0.05) is 66.9 Å². The molecule has 4 aromatic heterocycles. The van der Waals surface area contributed by atoms with E-state index < -0.39 is 0 Å². The highest BCUT2D eigenvalue weighted by Gasteiger charge is 2.57. The summed E-state index contributed by atoms with van der Waals surface area (Å²) < 4.78 is 3.95. The maximum absolute atomic E-state index is 13.2. The van der Waals surface area contributed by atoms with Gasteiger partial charge in [0.1, 0.15) is 10.5 Å². The molecule has 2 aliphatic rings. The fourth-order valence-electron chi connectivity index (χ4n) is 5.34. The number of amides is 2. The molecule has 3 atom stereocenters. The number of pyridine rings is 1. The Morgan fingerprint density at radius 2 is 1.75 bits per heavy atom. The summed E-state index contributed by atoms with van der Waals surface area (Å²) >= 11 is 1.48. The summed E-state index contributed by atoms with van der Waals surface area (Å²) in [4.78, 5) is 33.6. The van der Waals surface area contributed by atoms with Gasteiger partial charge >= 0.3 is 0 Å². The zero-order valence-electron chi connectivity index (χ0n) is 19.3. The van der Waals surface area contributed by atoms with Gasteiger partial charge in [0.05, 0.1) is 11.4 Å². The fourth-order valence-corrected chi connectivity index (χ4v) is 6.20. The van der Waals surface area contributed by atoms with Gasteiger partial charge in [-0.2, -0.15) is 0 Å². The van der Waals surface area contributed by atoms with E-state index in [-0.39, 0.29) is 17.9 Å². The Bertz CT molecular complexity index is 1560. The maximum atomic E-state index is 13.2. The Morgan fingerprint density at radius 3 is 2.56 bits per heavy atom. The topological polar surface area (TPSA) is 71.6 Å². The lowest BCUT2D eigenvalue weighted by atomic mass is 10.1. The number of benzene rings is 1. The summed E-state index contributed by atoms with van der Waals surface area (Å²) in [7, 11) is 0. The normalized spacial score (nSPS) is 20.4. The van der Waals surface area contributed by atoms with E-state index >= 15 is 0 Å². The molecule has 7 rings (SSSR count). The molecule has 1 saturated heterocycles. The number of piperidine rings is 1. The van der Waals surface area contributed by atoms with Crippen LogP contribution in [0.2, 0.25) is 0 Å². The molecule has 178 valence electrons. The van der Waals surface area contributed by atoms with E-state index in [1.807, 2.05) is 105 Å². The molecule has 1 N–H and O–H groups in total. The van der Waals surface area contributed by atoms with Crippen molar-refractivity contribution < 1.29 is 9.59 Å². The van der Waals surface area contributed by atoms with Crippen LogP contribution in [0.25, 0.3) is 22.6 Å². The third kappa shape index (κ3) is 3.53. The molecule has 2 amide bonds. The van der Waals surface area contributed by atoms with Gasteiger partial charge in [-0.15, -0.1) is 11.3 Å². The van der Waals surface area contributed by atoms with Crippen LogP contribution in [0.3, 0.4) is 0 Å². The number of nitrogens with one attached hydrogen (secondary N) is 1. The number of aromatic nitrogens is 3. The molecule has 0 unspecified atom stereocenters. The molecule has 1 aliphatic heterocycles. The van der Waals surface area contributed by atoms with Crippen LogP contribution >= 0.6 is 11.3 Å². The average molecular weight is 494 g/mol. The number of hydrogen-bond acceptors (Lipinski definition) is 4. The van der Waals surface area contributed by atoms with Gasteiger partial charge in [-0.1, -0.05) is 18.2 Å². The summed E-state index contributed by atoms with van der Waals surface area (Å²) in [6.45, 7) is 1.36. The number of imidazole rings is 1. The molecule has 2 fully saturated rings. The van der Waals surface area contributed by atoms with E-state index in [0.29, 0.717) is 30.5 Å². The third-order valence-electron chi connectivity index (χ3n) is 7.28. The Labute approximate surface area is 211 Å². The molecule has 8 heteroatoms. The molecule has 1 aromatic carbocycles. The maximum Gasteiger partial charge on any atom is 0.266 e. The van der Waals surface area contributed by atoms with Crippen molar-refractivity contribution in [3.05, 3.63) is 101 Å². The Balaban J connectivity index is 1.01. The van der Waals surface area contributed by atoms with Crippen LogP contribution in [0.4, 0.5) is 0 Å². The van der Waals surface area contributed by atoms with Gasteiger partial charge in [-0.25, -0.2) is 4.98 Å². The second kappa shape index (κ2) is 8.20. The molecule has 5 aromatic rings. The summed E-state index contributed by atoms with van der Waals surface area (Å²) in [6, 6.07) is 19.5. The first-order valence-electron chi connectivity index (χ1n) is 12.0. The number of hydrogen-bond donors (Lipinski definition) is 1. The van der Waals surface area contributed by atoms with Gasteiger partial charge < -0.3 is 19.2 Å². The average Bonchev–Trinajstić information content (AvgIpc) is 3.55. The second-order valence-corrected chi connectivity index (χ2v) is 10.4. The second-order valence-electron chi connectivity index (χ2n) is 9.44. The fraction of sp³-hybridized carbons (Fsp3) is 0.179. The van der Waals surface area contributed by atoms with Gasteiger partial charge in [-0.05, 0) is 47.8 Å². The molecule has 36 heavy (non-hydrogen) atoms. The lowest BCUT2D eigenvalue weighted by molar-refractivity contribution is 0.0774. The molecule has 5 heterocycles. The summed E-state index contributed by atoms with van der Waals surface area (Å²) in [5.74, 6) is 0.626. The van der Waals surface area contributed by atoms with E-state index in [1.165, 1.54) is 11.3 Å². The van der Waals surface area contributed by atoms with E-state index in [1.54, 1.807) is 0 Å². The third-order valence-corrected chi connectivity index (χ3v) is 8.18. The van der Waals surface area contributed by atoms with Crippen LogP contribution in [-0.2, 0) is 0 Å². The number of rotatable bonds is 5. The van der Waals surface area contributed by atoms with Crippen molar-refractivity contribution in [3.63, 3.8) is 0 Å². The van der Waals surface area contributed by atoms with Gasteiger partial charge in [0.2, 0.25) is 0 Å². The van der Waals surface area contributed by atoms with E-state index in [9.17, 15) is 9.59 Å². The lowest BCUT2D eigenvalue weighted by Gasteiger charge is -2.20. The molecular formula is C28H23N5O2S. The molecular weight excluding hydrogens is 470 g/mol. The predicted molar refractivity (Wildman–Crippen MR) is 138 cm³/mol. The quantitative estimate of drug-likeness (QED) is 0.396. The highest BCUT2D eigenvalue weighted by molar-refractivity contribution is 7.12. The highest BCUT2D eigenvalue weighted by Crippen LogP contribution is 2.46. The summed E-state index contributed by atoms with van der Waals surface area (Å²) in [5, 5.41) is 5.16. The molecule has 1 saturated carbocycles. The minimum Gasteiger partial charge on any atom is -0.349 e. The number of likely N-dealkylation sites (tertiary alicyclic amines) is 1. The molecule has 0 radical (unpaired) electrons. The largest absolute Gasteiger partial charge is 0.349 e. The Kier molecular flexibility index (Phi) is 4.82. The van der Waals surface area contributed by atoms with E-state index in [2.05, 4.69) is 10.3 Å². The number of fused-ring (bicyclic) bond motifs is 2. The van der Waals surface area contributed by atoms with Crippen LogP contribution in [0, 0.1) is 11.8 Å². The molecule has 0 bridgehead atoms. The Morgan fingerprint density at radius 1 is 0.944 bits per heavy atom. The smallest absolute Gasteiger partial charge is 0.266 e. The van der Waals surface area contributed by atoms with Crippen molar-refractivity contribution in [1.29, 1.82) is 0 Å². The van der Waals surface area contributed by atoms with Crippen molar-refractivity contribution in [1.82, 2.24) is 24.2 Å². The molecule has 7 nitrogen and oxygen atoms in total. The van der Waals surface area contributed by atoms with Gasteiger partial charge in [-0.3, -0.25) is 9.59 Å². The first-order valence-corrected chi connectivity index (χ1v) is 12.9. The van der Waals surface area contributed by atoms with E-state index in [4.69, 9.17) is 0 Å². The minimum absolute atomic E-state index is 0.0751. The zero-order chi connectivity index (χ0) is 24.2. The Hall–Kier alpha value is -4.17. The van der Waals surface area contributed by atoms with Crippen molar-refractivity contribution in [2.45, 2.75) is 6.04 Å². The van der Waals surface area contributed by atoms with E-state index in [0.717, 1.165) is 27.5 Å². The van der Waals surface area contributed by atoms with Gasteiger partial charge in [0.25, 0.3) is 11.8 Å². The minimum atomic E-state index is -0.0777. The predicted octanol–water partition coefficient (Wildman–Crippen LogP) is 4.35. The molecule has 0 spiro atoms. The van der Waals surface area contributed by atoms with Crippen LogP contribution < -0.4 is 5.32 Å². The number of carbonyl (C=O) groups excluding carboxylic acids is 2. The number of thiophene rings is 1. The summed E-state index contributed by atoms with van der Waals surface area (Å²) in [6.07, 6.45) is 7.84. The number of carbonyl (C=O) groups is 2. The monoisotopic (exact) mass is 493 g/mol. The van der Waals surface area contributed by atoms with Gasteiger partial charge in [0.15, 0.2) is 0 Å². The number of nitrogens with zero attached hydrogens (tertiary/aromatic N) is 4. The lowest BCUT2D eigenvalue weighted by Crippen LogP contribution is -2.37. The van der Waals surface area contributed by atoms with Crippen molar-refractivity contribution in [2.75, 3.05) is 13.1 Å². The van der Waals surface area contributed by atoms with Crippen LogP contribution in [0.1, 0.15) is 20.0 Å². The summed E-state index contributed by atoms with van der Waals surface area (Å²) in [5.41, 5.74) is 4.16. The first kappa shape index (κ1) is 21.1. The van der Waals surface area contributed by atoms with Crippen molar-refractivity contribution in [3.8, 4) is 16.9 Å². The van der Waals surface area contributed by atoms with Crippen molar-refractivity contribution in [2.24, 2.45) is 11.8 Å². The zero-order valence-corrected chi connectivity index (χ0v) is 20.1. The van der Waals surface area contributed by atoms with Crippen LogP contribution in [-0.4, -0.2) is 49.8 Å². The standard InChI is InChI=1S/C28H23N5O2S/c34-27(19-7-5-6-18(14-19)22-17-32-12-2-1-8-24(32)29-22)30-25-20-15-33(16-21(20)25)28(35)26-23(9-13-36-26)31-10-3-4-11-31/h1-14,17,20-21,25H,15-16H2,(H,30,34)/t20-,21+,25-. The van der Waals surface area contributed by atoms with Crippen LogP contribution in [0.5, 0.6) is 0 Å². The van der Waals surface area contributed by atoms with Crippen molar-refractivity contribution >= 4 is 28.8 Å². The van der Waals surface area contributed by atoms with Crippen LogP contribution in [0.15, 0.2) is 90.8 Å². The molecule has 1 aliphatic carbocycles. The SMILES string of the molecule is O=C(N[C@@H]1[C@@H]2CN(C(=O)c3sccc3-n3cccc3)C[C@@H]21)c1cccc(-c2cn3ccccc3n2)c1.